The molecule has 1 nitrogen and oxygen atoms in total. The highest BCUT2D eigenvalue weighted by atomic mass is 31.1. The molecule has 0 aromatic heterocycles. The largest absolute Gasteiger partial charge is 0.322 e. The van der Waals surface area contributed by atoms with Gasteiger partial charge in [0.15, 0.2) is 0 Å². The Morgan fingerprint density at radius 1 is 0.737 bits per heavy atom. The lowest BCUT2D eigenvalue weighted by Crippen LogP contribution is -1.99. The third kappa shape index (κ3) is 2.62. The van der Waals surface area contributed by atoms with Crippen molar-refractivity contribution >= 4 is 23.9 Å². The summed E-state index contributed by atoms with van der Waals surface area (Å²) in [6, 6.07) is 24.2. The van der Waals surface area contributed by atoms with Gasteiger partial charge in [0.1, 0.15) is 7.80 Å². The third-order valence-electron chi connectivity index (χ3n) is 3.30. The normalized spacial score (nSPS) is 12.4. The molecular formula is C17H15OP. The lowest BCUT2D eigenvalue weighted by atomic mass is 10.1. The molecule has 0 heterocycles. The van der Waals surface area contributed by atoms with Gasteiger partial charge in [0, 0.05) is 11.5 Å². The minimum absolute atomic E-state index is 0.638. The summed E-state index contributed by atoms with van der Waals surface area (Å²) in [5.41, 5.74) is 1.14. The van der Waals surface area contributed by atoms with Gasteiger partial charge in [-0.25, -0.2) is 0 Å². The van der Waals surface area contributed by atoms with Gasteiger partial charge in [0.05, 0.1) is 0 Å². The van der Waals surface area contributed by atoms with Crippen LogP contribution >= 0.6 is 7.80 Å². The van der Waals surface area contributed by atoms with Crippen LogP contribution in [0.1, 0.15) is 5.56 Å². The molecule has 1 atom stereocenters. The van der Waals surface area contributed by atoms with Crippen molar-refractivity contribution in [3.8, 4) is 0 Å². The Balaban J connectivity index is 1.98. The molecule has 0 fully saturated rings. The second-order valence-electron chi connectivity index (χ2n) is 4.61. The number of rotatable bonds is 3. The van der Waals surface area contributed by atoms with Crippen molar-refractivity contribution in [3.05, 3.63) is 78.4 Å². The average Bonchev–Trinajstić information content (AvgIpc) is 2.47. The van der Waals surface area contributed by atoms with E-state index in [2.05, 4.69) is 18.2 Å². The summed E-state index contributed by atoms with van der Waals surface area (Å²) in [6.45, 7) is 0. The lowest BCUT2D eigenvalue weighted by Gasteiger charge is -2.07. The summed E-state index contributed by atoms with van der Waals surface area (Å²) < 4.78 is 12.6. The zero-order valence-electron chi connectivity index (χ0n) is 10.5. The molecule has 19 heavy (non-hydrogen) atoms. The van der Waals surface area contributed by atoms with Crippen molar-refractivity contribution < 1.29 is 4.57 Å². The van der Waals surface area contributed by atoms with Crippen molar-refractivity contribution in [2.75, 3.05) is 0 Å². The average molecular weight is 266 g/mol. The molecule has 0 aliphatic rings. The monoisotopic (exact) mass is 266 g/mol. The summed E-state index contributed by atoms with van der Waals surface area (Å²) >= 11 is 0. The zero-order valence-corrected chi connectivity index (χ0v) is 11.5. The Hall–Kier alpha value is -1.85. The van der Waals surface area contributed by atoms with E-state index < -0.39 is 7.80 Å². The summed E-state index contributed by atoms with van der Waals surface area (Å²) in [7, 11) is -1.79. The second-order valence-corrected chi connectivity index (χ2v) is 6.35. The van der Waals surface area contributed by atoms with Gasteiger partial charge in [-0.15, -0.1) is 0 Å². The van der Waals surface area contributed by atoms with Gasteiger partial charge >= 0.3 is 0 Å². The number of hydrogen-bond acceptors (Lipinski definition) is 1. The fourth-order valence-electron chi connectivity index (χ4n) is 2.35. The highest BCUT2D eigenvalue weighted by molar-refractivity contribution is 7.53. The van der Waals surface area contributed by atoms with Gasteiger partial charge in [-0.2, -0.15) is 0 Å². The van der Waals surface area contributed by atoms with Crippen molar-refractivity contribution in [2.24, 2.45) is 0 Å². The van der Waals surface area contributed by atoms with Crippen molar-refractivity contribution in [1.82, 2.24) is 0 Å². The molecule has 0 N–H and O–H groups in total. The van der Waals surface area contributed by atoms with Gasteiger partial charge in [-0.1, -0.05) is 72.8 Å². The fraction of sp³-hybridized carbons (Fsp3) is 0.0588. The smallest absolute Gasteiger partial charge is 0.108 e. The number of fused-ring (bicyclic) bond motifs is 1. The van der Waals surface area contributed by atoms with Crippen LogP contribution in [-0.2, 0) is 10.7 Å². The van der Waals surface area contributed by atoms with Gasteiger partial charge in [0.2, 0.25) is 0 Å². The van der Waals surface area contributed by atoms with E-state index in [4.69, 9.17) is 0 Å². The van der Waals surface area contributed by atoms with Crippen molar-refractivity contribution in [3.63, 3.8) is 0 Å². The second kappa shape index (κ2) is 5.42. The molecule has 0 aliphatic heterocycles. The van der Waals surface area contributed by atoms with Crippen molar-refractivity contribution in [2.45, 2.75) is 6.16 Å². The fourth-order valence-corrected chi connectivity index (χ4v) is 3.95. The number of benzene rings is 3. The van der Waals surface area contributed by atoms with Crippen LogP contribution in [0.3, 0.4) is 0 Å². The van der Waals surface area contributed by atoms with E-state index in [0.29, 0.717) is 6.16 Å². The lowest BCUT2D eigenvalue weighted by molar-refractivity contribution is 0.593. The van der Waals surface area contributed by atoms with Crippen LogP contribution < -0.4 is 5.30 Å². The number of hydrogen-bond donors (Lipinski definition) is 0. The molecule has 1 unspecified atom stereocenters. The molecule has 0 radical (unpaired) electrons. The third-order valence-corrected chi connectivity index (χ3v) is 5.06. The SMILES string of the molecule is O=[PH](Cc1ccccc1)c1cccc2ccccc12. The molecule has 2 heteroatoms. The van der Waals surface area contributed by atoms with E-state index in [0.717, 1.165) is 21.6 Å². The van der Waals surface area contributed by atoms with E-state index in [1.165, 1.54) is 0 Å². The van der Waals surface area contributed by atoms with E-state index in [1.807, 2.05) is 54.6 Å². The van der Waals surface area contributed by atoms with Crippen LogP contribution in [0.2, 0.25) is 0 Å². The summed E-state index contributed by atoms with van der Waals surface area (Å²) in [6.07, 6.45) is 0.638. The van der Waals surface area contributed by atoms with Crippen LogP contribution in [0.25, 0.3) is 10.8 Å². The highest BCUT2D eigenvalue weighted by Crippen LogP contribution is 2.29. The molecule has 0 bridgehead atoms. The van der Waals surface area contributed by atoms with E-state index in [9.17, 15) is 4.57 Å². The molecule has 3 aromatic rings. The Labute approximate surface area is 113 Å². The molecule has 3 rings (SSSR count). The maximum atomic E-state index is 12.6. The van der Waals surface area contributed by atoms with Crippen LogP contribution in [0.5, 0.6) is 0 Å². The first kappa shape index (κ1) is 12.2. The first-order valence-corrected chi connectivity index (χ1v) is 8.01. The highest BCUT2D eigenvalue weighted by Gasteiger charge is 2.08. The first-order chi connectivity index (χ1) is 9.34. The van der Waals surface area contributed by atoms with Crippen LogP contribution in [-0.4, -0.2) is 0 Å². The van der Waals surface area contributed by atoms with Crippen LogP contribution in [0, 0.1) is 0 Å². The minimum atomic E-state index is -1.79. The maximum Gasteiger partial charge on any atom is 0.108 e. The molecule has 3 aromatic carbocycles. The summed E-state index contributed by atoms with van der Waals surface area (Å²) in [4.78, 5) is 0. The quantitative estimate of drug-likeness (QED) is 0.648. The predicted molar refractivity (Wildman–Crippen MR) is 82.7 cm³/mol. The van der Waals surface area contributed by atoms with E-state index in [1.54, 1.807) is 0 Å². The van der Waals surface area contributed by atoms with E-state index in [-0.39, 0.29) is 0 Å². The Kier molecular flexibility index (Phi) is 3.48. The minimum Gasteiger partial charge on any atom is -0.322 e. The van der Waals surface area contributed by atoms with Crippen molar-refractivity contribution in [1.29, 1.82) is 0 Å². The Morgan fingerprint density at radius 3 is 2.26 bits per heavy atom. The zero-order chi connectivity index (χ0) is 13.1. The predicted octanol–water partition coefficient (Wildman–Crippen LogP) is 4.23. The molecule has 0 aliphatic carbocycles. The Morgan fingerprint density at radius 2 is 1.42 bits per heavy atom. The molecule has 0 spiro atoms. The van der Waals surface area contributed by atoms with Gasteiger partial charge < -0.3 is 4.57 Å². The molecule has 94 valence electrons. The molecule has 0 amide bonds. The Bertz CT molecular complexity index is 714. The van der Waals surface area contributed by atoms with E-state index >= 15 is 0 Å². The van der Waals surface area contributed by atoms with Gasteiger partial charge in [0.25, 0.3) is 0 Å². The van der Waals surface area contributed by atoms with Crippen LogP contribution in [0.4, 0.5) is 0 Å². The topological polar surface area (TPSA) is 17.1 Å². The molecule has 0 saturated heterocycles. The standard InChI is InChI=1S/C17H15OP/c18-19(13-14-7-2-1-3-8-14)17-12-6-10-15-9-4-5-11-16(15)17/h1-12,19H,13H2. The first-order valence-electron chi connectivity index (χ1n) is 6.39. The van der Waals surface area contributed by atoms with Gasteiger partial charge in [-0.3, -0.25) is 0 Å². The van der Waals surface area contributed by atoms with Crippen LogP contribution in [0.15, 0.2) is 72.8 Å². The molecular weight excluding hydrogens is 251 g/mol. The van der Waals surface area contributed by atoms with Gasteiger partial charge in [-0.05, 0) is 16.3 Å². The maximum absolute atomic E-state index is 12.6. The molecule has 0 saturated carbocycles. The summed E-state index contributed by atoms with van der Waals surface area (Å²) in [5, 5.41) is 3.27. The summed E-state index contributed by atoms with van der Waals surface area (Å²) in [5.74, 6) is 0.